The molecule has 1 fully saturated rings. The number of rotatable bonds is 5. The van der Waals surface area contributed by atoms with Crippen LogP contribution in [0.4, 0.5) is 10.2 Å². The highest BCUT2D eigenvalue weighted by atomic mass is 19.1. The van der Waals surface area contributed by atoms with Crippen molar-refractivity contribution in [3.8, 4) is 0 Å². The summed E-state index contributed by atoms with van der Waals surface area (Å²) in [6.07, 6.45) is 6.29. The van der Waals surface area contributed by atoms with E-state index < -0.39 is 17.8 Å². The summed E-state index contributed by atoms with van der Waals surface area (Å²) in [6, 6.07) is 7.79. The molecule has 2 bridgehead atoms. The molecule has 1 aromatic carbocycles. The normalized spacial score (nSPS) is 26.2. The summed E-state index contributed by atoms with van der Waals surface area (Å²) in [5, 5.41) is 16.5. The van der Waals surface area contributed by atoms with E-state index in [4.69, 9.17) is 0 Å². The summed E-state index contributed by atoms with van der Waals surface area (Å²) in [4.78, 5) is 24.2. The van der Waals surface area contributed by atoms with Gasteiger partial charge in [0.25, 0.3) is 0 Å². The predicted molar refractivity (Wildman–Crippen MR) is 91.7 cm³/mol. The quantitative estimate of drug-likeness (QED) is 0.807. The molecule has 1 heterocycles. The van der Waals surface area contributed by atoms with Crippen molar-refractivity contribution >= 4 is 17.7 Å². The number of carbonyl (C=O) groups excluding carboxylic acids is 1. The van der Waals surface area contributed by atoms with E-state index in [-0.39, 0.29) is 23.6 Å². The van der Waals surface area contributed by atoms with Crippen molar-refractivity contribution in [2.24, 2.45) is 23.7 Å². The van der Waals surface area contributed by atoms with Crippen molar-refractivity contribution in [3.05, 3.63) is 60.1 Å². The minimum Gasteiger partial charge on any atom is -0.481 e. The van der Waals surface area contributed by atoms with Crippen LogP contribution < -0.4 is 5.32 Å². The molecule has 2 aliphatic rings. The van der Waals surface area contributed by atoms with Crippen LogP contribution >= 0.6 is 0 Å². The van der Waals surface area contributed by atoms with Gasteiger partial charge < -0.3 is 10.4 Å². The molecule has 7 heteroatoms. The van der Waals surface area contributed by atoms with Gasteiger partial charge in [-0.1, -0.05) is 24.3 Å². The Bertz CT molecular complexity index is 874. The molecule has 4 atom stereocenters. The van der Waals surface area contributed by atoms with E-state index in [1.807, 2.05) is 12.2 Å². The van der Waals surface area contributed by atoms with Gasteiger partial charge in [0.15, 0.2) is 5.82 Å². The fraction of sp³-hybridized carbons (Fsp3) is 0.316. The number of aromatic nitrogens is 2. The van der Waals surface area contributed by atoms with Gasteiger partial charge in [-0.15, -0.1) is 0 Å². The summed E-state index contributed by atoms with van der Waals surface area (Å²) in [6.45, 7) is 0.449. The summed E-state index contributed by atoms with van der Waals surface area (Å²) >= 11 is 0. The first-order valence-corrected chi connectivity index (χ1v) is 8.51. The number of halogens is 1. The average Bonchev–Trinajstić information content (AvgIpc) is 3.32. The second-order valence-corrected chi connectivity index (χ2v) is 6.85. The number of nitrogens with one attached hydrogen (secondary N) is 1. The van der Waals surface area contributed by atoms with E-state index in [9.17, 15) is 19.1 Å². The molecule has 0 saturated heterocycles. The van der Waals surface area contributed by atoms with E-state index >= 15 is 0 Å². The lowest BCUT2D eigenvalue weighted by atomic mass is 9.82. The molecule has 2 aromatic rings. The lowest BCUT2D eigenvalue weighted by Crippen LogP contribution is -2.36. The molecule has 1 saturated carbocycles. The number of anilines is 1. The predicted octanol–water partition coefficient (Wildman–Crippen LogP) is 2.53. The monoisotopic (exact) mass is 355 g/mol. The number of hydrogen-bond acceptors (Lipinski definition) is 3. The van der Waals surface area contributed by atoms with Gasteiger partial charge in [-0.2, -0.15) is 5.10 Å². The van der Waals surface area contributed by atoms with Crippen LogP contribution in [-0.2, 0) is 16.1 Å². The highest BCUT2D eigenvalue weighted by molar-refractivity contribution is 5.95. The third-order valence-corrected chi connectivity index (χ3v) is 5.20. The molecule has 4 rings (SSSR count). The van der Waals surface area contributed by atoms with Gasteiger partial charge in [0, 0.05) is 12.3 Å². The van der Waals surface area contributed by atoms with Crippen molar-refractivity contribution in [2.75, 3.05) is 5.32 Å². The lowest BCUT2D eigenvalue weighted by Gasteiger charge is -2.23. The molecule has 0 radical (unpaired) electrons. The van der Waals surface area contributed by atoms with E-state index in [0.717, 1.165) is 5.56 Å². The van der Waals surface area contributed by atoms with Gasteiger partial charge in [-0.05, 0) is 36.0 Å². The molecule has 6 nitrogen and oxygen atoms in total. The Labute approximate surface area is 149 Å². The first-order valence-electron chi connectivity index (χ1n) is 8.51. The van der Waals surface area contributed by atoms with Gasteiger partial charge >= 0.3 is 5.97 Å². The number of benzene rings is 1. The molecular weight excluding hydrogens is 337 g/mol. The van der Waals surface area contributed by atoms with Crippen molar-refractivity contribution < 1.29 is 19.1 Å². The Kier molecular flexibility index (Phi) is 4.06. The number of amides is 1. The highest BCUT2D eigenvalue weighted by Crippen LogP contribution is 2.48. The number of allylic oxidation sites excluding steroid dienone is 2. The maximum atomic E-state index is 13.0. The van der Waals surface area contributed by atoms with Crippen molar-refractivity contribution in [2.45, 2.75) is 13.0 Å². The molecule has 134 valence electrons. The van der Waals surface area contributed by atoms with E-state index in [1.54, 1.807) is 29.1 Å². The summed E-state index contributed by atoms with van der Waals surface area (Å²) in [5.74, 6) is -2.48. The topological polar surface area (TPSA) is 84.2 Å². The summed E-state index contributed by atoms with van der Waals surface area (Å²) in [5.41, 5.74) is 0.886. The molecule has 0 spiro atoms. The van der Waals surface area contributed by atoms with Gasteiger partial charge in [-0.3, -0.25) is 14.3 Å². The minimum atomic E-state index is -0.927. The minimum absolute atomic E-state index is 0.0256. The van der Waals surface area contributed by atoms with Crippen LogP contribution in [0.1, 0.15) is 12.0 Å². The van der Waals surface area contributed by atoms with Crippen LogP contribution in [0.5, 0.6) is 0 Å². The van der Waals surface area contributed by atoms with Crippen molar-refractivity contribution in [3.63, 3.8) is 0 Å². The number of hydrogen-bond donors (Lipinski definition) is 2. The molecular formula is C19H18FN3O3. The molecule has 2 aliphatic carbocycles. The largest absolute Gasteiger partial charge is 0.481 e. The Balaban J connectivity index is 1.44. The van der Waals surface area contributed by atoms with Gasteiger partial charge in [-0.25, -0.2) is 4.39 Å². The zero-order valence-electron chi connectivity index (χ0n) is 13.9. The smallest absolute Gasteiger partial charge is 0.307 e. The SMILES string of the molecule is O=C(O)[C@@H]1[C@H](C(=O)Nc2ccn(Cc3ccc(F)cc3)n2)[C@H]2C=C[C@H]1C2. The number of carbonyl (C=O) groups is 2. The highest BCUT2D eigenvalue weighted by Gasteiger charge is 2.51. The Morgan fingerprint density at radius 3 is 2.54 bits per heavy atom. The van der Waals surface area contributed by atoms with E-state index in [2.05, 4.69) is 10.4 Å². The number of nitrogens with zero attached hydrogens (tertiary/aromatic N) is 2. The van der Waals surface area contributed by atoms with Crippen LogP contribution in [0.3, 0.4) is 0 Å². The Hall–Kier alpha value is -2.96. The number of fused-ring (bicyclic) bond motifs is 2. The van der Waals surface area contributed by atoms with Crippen LogP contribution in [0.25, 0.3) is 0 Å². The van der Waals surface area contributed by atoms with Crippen LogP contribution in [0, 0.1) is 29.5 Å². The molecule has 0 unspecified atom stereocenters. The lowest BCUT2D eigenvalue weighted by molar-refractivity contribution is -0.146. The second-order valence-electron chi connectivity index (χ2n) is 6.85. The Morgan fingerprint density at radius 1 is 1.15 bits per heavy atom. The zero-order valence-corrected chi connectivity index (χ0v) is 13.9. The van der Waals surface area contributed by atoms with Crippen LogP contribution in [0.15, 0.2) is 48.7 Å². The third-order valence-electron chi connectivity index (χ3n) is 5.20. The first kappa shape index (κ1) is 16.5. The van der Waals surface area contributed by atoms with Gasteiger partial charge in [0.1, 0.15) is 5.82 Å². The Morgan fingerprint density at radius 2 is 1.85 bits per heavy atom. The second kappa shape index (κ2) is 6.40. The zero-order chi connectivity index (χ0) is 18.3. The fourth-order valence-corrected chi connectivity index (χ4v) is 4.02. The van der Waals surface area contributed by atoms with Crippen LogP contribution in [0.2, 0.25) is 0 Å². The third kappa shape index (κ3) is 3.00. The van der Waals surface area contributed by atoms with Crippen molar-refractivity contribution in [1.29, 1.82) is 0 Å². The average molecular weight is 355 g/mol. The number of carboxylic acid groups (broad SMARTS) is 1. The fourth-order valence-electron chi connectivity index (χ4n) is 4.02. The van der Waals surface area contributed by atoms with Gasteiger partial charge in [0.2, 0.25) is 5.91 Å². The molecule has 2 N–H and O–H groups in total. The maximum Gasteiger partial charge on any atom is 0.307 e. The molecule has 1 amide bonds. The molecule has 1 aromatic heterocycles. The number of aliphatic carboxylic acids is 1. The first-order chi connectivity index (χ1) is 12.5. The number of carboxylic acids is 1. The van der Waals surface area contributed by atoms with Crippen molar-refractivity contribution in [1.82, 2.24) is 9.78 Å². The van der Waals surface area contributed by atoms with Crippen LogP contribution in [-0.4, -0.2) is 26.8 Å². The van der Waals surface area contributed by atoms with E-state index in [0.29, 0.717) is 18.8 Å². The summed E-state index contributed by atoms with van der Waals surface area (Å²) in [7, 11) is 0. The maximum absolute atomic E-state index is 13.0. The molecule has 0 aliphatic heterocycles. The standard InChI is InChI=1S/C19H18FN3O3/c20-14-5-1-11(2-6-14)10-23-8-7-15(22-23)21-18(24)16-12-3-4-13(9-12)17(16)19(25)26/h1-8,12-13,16-17H,9-10H2,(H,25,26)(H,21,22,24)/t12-,13-,16+,17-/m0/s1. The van der Waals surface area contributed by atoms with Gasteiger partial charge in [0.05, 0.1) is 18.4 Å². The summed E-state index contributed by atoms with van der Waals surface area (Å²) < 4.78 is 14.6. The van der Waals surface area contributed by atoms with E-state index in [1.165, 1.54) is 12.1 Å². The molecule has 26 heavy (non-hydrogen) atoms.